The van der Waals surface area contributed by atoms with Crippen LogP contribution in [0.15, 0.2) is 30.0 Å². The minimum atomic E-state index is -2.20. The molecule has 0 saturated heterocycles. The molecule has 0 bridgehead atoms. The maximum absolute atomic E-state index is 12.5. The molecule has 33 heavy (non-hydrogen) atoms. The van der Waals surface area contributed by atoms with Gasteiger partial charge < -0.3 is 28.1 Å². The normalized spacial score (nSPS) is 26.8. The van der Waals surface area contributed by atoms with Crippen molar-refractivity contribution in [2.45, 2.75) is 83.1 Å². The molecule has 2 heterocycles. The van der Waals surface area contributed by atoms with Crippen molar-refractivity contribution in [3.05, 3.63) is 35.6 Å². The molecule has 1 aliphatic carbocycles. The standard InChI is InChI=1S/C25H36O7Si/c1-24(2,3)33(5,6)32-25-12-8-7-9-18(25)20(14-22(31-25)23(26)27-4)28-15-17-10-11-19-21(13-17)30-16-29-19/h10-11,13-14,18,20H,7-9,12,15-16H2,1-6H3/t18-,20+,25+/m1/s1. The van der Waals surface area contributed by atoms with Crippen LogP contribution >= 0.6 is 0 Å². The Morgan fingerprint density at radius 2 is 1.94 bits per heavy atom. The zero-order valence-corrected chi connectivity index (χ0v) is 21.6. The predicted octanol–water partition coefficient (Wildman–Crippen LogP) is 5.30. The summed E-state index contributed by atoms with van der Waals surface area (Å²) in [6.45, 7) is 11.7. The summed E-state index contributed by atoms with van der Waals surface area (Å²) in [5, 5.41) is 0.00252. The van der Waals surface area contributed by atoms with Gasteiger partial charge in [-0.05, 0) is 54.7 Å². The van der Waals surface area contributed by atoms with Gasteiger partial charge in [0, 0.05) is 6.42 Å². The molecule has 4 rings (SSSR count). The van der Waals surface area contributed by atoms with E-state index >= 15 is 0 Å². The fourth-order valence-corrected chi connectivity index (χ4v) is 5.96. The average molecular weight is 477 g/mol. The molecule has 0 radical (unpaired) electrons. The third-order valence-electron chi connectivity index (χ3n) is 7.35. The Labute approximate surface area is 197 Å². The van der Waals surface area contributed by atoms with Crippen molar-refractivity contribution in [2.24, 2.45) is 5.92 Å². The highest BCUT2D eigenvalue weighted by atomic mass is 28.4. The van der Waals surface area contributed by atoms with Gasteiger partial charge >= 0.3 is 5.97 Å². The second-order valence-electron chi connectivity index (χ2n) is 10.6. The van der Waals surface area contributed by atoms with E-state index in [1.807, 2.05) is 18.2 Å². The summed E-state index contributed by atoms with van der Waals surface area (Å²) < 4.78 is 35.7. The van der Waals surface area contributed by atoms with Crippen molar-refractivity contribution in [3.63, 3.8) is 0 Å². The molecule has 3 aliphatic rings. The summed E-state index contributed by atoms with van der Waals surface area (Å²) in [7, 11) is -0.838. The quantitative estimate of drug-likeness (QED) is 0.408. The van der Waals surface area contributed by atoms with Crippen LogP contribution in [0.3, 0.4) is 0 Å². The first-order chi connectivity index (χ1) is 15.5. The molecule has 1 fully saturated rings. The summed E-state index contributed by atoms with van der Waals surface area (Å²) in [6.07, 6.45) is 5.12. The van der Waals surface area contributed by atoms with E-state index in [4.69, 9.17) is 28.1 Å². The minimum absolute atomic E-state index is 0.00252. The van der Waals surface area contributed by atoms with E-state index < -0.39 is 20.1 Å². The first-order valence-electron chi connectivity index (χ1n) is 11.7. The van der Waals surface area contributed by atoms with Gasteiger partial charge in [-0.25, -0.2) is 4.79 Å². The van der Waals surface area contributed by atoms with E-state index in [0.29, 0.717) is 6.61 Å². The number of hydrogen-bond donors (Lipinski definition) is 0. The molecule has 3 atom stereocenters. The Morgan fingerprint density at radius 3 is 2.67 bits per heavy atom. The highest BCUT2D eigenvalue weighted by Crippen LogP contribution is 2.50. The summed E-state index contributed by atoms with van der Waals surface area (Å²) in [6, 6.07) is 5.80. The third kappa shape index (κ3) is 4.79. The predicted molar refractivity (Wildman–Crippen MR) is 125 cm³/mol. The van der Waals surface area contributed by atoms with Crippen molar-refractivity contribution >= 4 is 14.3 Å². The largest absolute Gasteiger partial charge is 0.463 e. The average Bonchev–Trinajstić information content (AvgIpc) is 3.23. The first-order valence-corrected chi connectivity index (χ1v) is 14.6. The molecule has 0 N–H and O–H groups in total. The Morgan fingerprint density at radius 1 is 1.18 bits per heavy atom. The van der Waals surface area contributed by atoms with Gasteiger partial charge in [0.25, 0.3) is 0 Å². The lowest BCUT2D eigenvalue weighted by Gasteiger charge is -2.53. The van der Waals surface area contributed by atoms with Crippen molar-refractivity contribution in [2.75, 3.05) is 13.9 Å². The Bertz CT molecular complexity index is 920. The Kier molecular flexibility index (Phi) is 6.55. The second-order valence-corrected chi connectivity index (χ2v) is 15.3. The molecule has 1 saturated carbocycles. The van der Waals surface area contributed by atoms with E-state index in [9.17, 15) is 4.79 Å². The number of benzene rings is 1. The van der Waals surface area contributed by atoms with Gasteiger partial charge in [0.05, 0.1) is 25.7 Å². The first kappa shape index (κ1) is 24.1. The highest BCUT2D eigenvalue weighted by Gasteiger charge is 2.56. The number of esters is 1. The smallest absolute Gasteiger partial charge is 0.373 e. The van der Waals surface area contributed by atoms with Crippen LogP contribution in [0.25, 0.3) is 0 Å². The zero-order valence-electron chi connectivity index (χ0n) is 20.6. The molecule has 8 heteroatoms. The van der Waals surface area contributed by atoms with Crippen LogP contribution in [0.4, 0.5) is 0 Å². The lowest BCUT2D eigenvalue weighted by molar-refractivity contribution is -0.251. The van der Waals surface area contributed by atoms with E-state index in [0.717, 1.165) is 42.7 Å². The maximum Gasteiger partial charge on any atom is 0.373 e. The van der Waals surface area contributed by atoms with Crippen LogP contribution in [-0.2, 0) is 30.0 Å². The maximum atomic E-state index is 12.5. The van der Waals surface area contributed by atoms with Gasteiger partial charge in [0.1, 0.15) is 0 Å². The van der Waals surface area contributed by atoms with Gasteiger partial charge in [-0.2, -0.15) is 0 Å². The molecular weight excluding hydrogens is 440 g/mol. The molecule has 2 aliphatic heterocycles. The molecule has 0 unspecified atom stereocenters. The van der Waals surface area contributed by atoms with Crippen LogP contribution in [0.2, 0.25) is 18.1 Å². The van der Waals surface area contributed by atoms with Crippen LogP contribution < -0.4 is 9.47 Å². The number of hydrogen-bond acceptors (Lipinski definition) is 7. The summed E-state index contributed by atoms with van der Waals surface area (Å²) >= 11 is 0. The van der Waals surface area contributed by atoms with E-state index in [-0.39, 0.29) is 29.6 Å². The van der Waals surface area contributed by atoms with Crippen LogP contribution in [-0.4, -0.2) is 40.1 Å². The number of fused-ring (bicyclic) bond motifs is 2. The summed E-state index contributed by atoms with van der Waals surface area (Å²) in [5.74, 6) is 0.231. The second kappa shape index (κ2) is 8.96. The summed E-state index contributed by atoms with van der Waals surface area (Å²) in [4.78, 5) is 12.5. The molecule has 1 aromatic rings. The molecule has 0 aromatic heterocycles. The molecule has 182 valence electrons. The summed E-state index contributed by atoms with van der Waals surface area (Å²) in [5.41, 5.74) is 0.977. The van der Waals surface area contributed by atoms with Crippen molar-refractivity contribution in [3.8, 4) is 11.5 Å². The van der Waals surface area contributed by atoms with E-state index in [2.05, 4.69) is 33.9 Å². The number of carbonyl (C=O) groups excluding carboxylic acids is 1. The van der Waals surface area contributed by atoms with Gasteiger partial charge in [0.2, 0.25) is 18.3 Å². The van der Waals surface area contributed by atoms with Crippen molar-refractivity contribution in [1.29, 1.82) is 0 Å². The van der Waals surface area contributed by atoms with E-state index in [1.165, 1.54) is 7.11 Å². The molecule has 7 nitrogen and oxygen atoms in total. The third-order valence-corrected chi connectivity index (χ3v) is 11.8. The number of ether oxygens (including phenoxy) is 5. The Hall–Kier alpha value is -2.03. The lowest BCUT2D eigenvalue weighted by atomic mass is 9.78. The monoisotopic (exact) mass is 476 g/mol. The highest BCUT2D eigenvalue weighted by molar-refractivity contribution is 6.74. The lowest BCUT2D eigenvalue weighted by Crippen LogP contribution is -2.60. The van der Waals surface area contributed by atoms with E-state index in [1.54, 1.807) is 6.08 Å². The van der Waals surface area contributed by atoms with Crippen LogP contribution in [0.5, 0.6) is 11.5 Å². The van der Waals surface area contributed by atoms with Crippen LogP contribution in [0.1, 0.15) is 52.0 Å². The number of rotatable bonds is 6. The topological polar surface area (TPSA) is 72.5 Å². The molecule has 1 aromatic carbocycles. The van der Waals surface area contributed by atoms with Crippen molar-refractivity contribution in [1.82, 2.24) is 0 Å². The molecule has 0 amide bonds. The van der Waals surface area contributed by atoms with Gasteiger partial charge in [-0.15, -0.1) is 0 Å². The van der Waals surface area contributed by atoms with Gasteiger partial charge in [-0.1, -0.05) is 33.3 Å². The number of carbonyl (C=O) groups is 1. The molecule has 0 spiro atoms. The van der Waals surface area contributed by atoms with Gasteiger partial charge in [-0.3, -0.25) is 0 Å². The Balaban J connectivity index is 1.62. The number of methoxy groups -OCH3 is 1. The fourth-order valence-electron chi connectivity index (χ4n) is 4.50. The van der Waals surface area contributed by atoms with Crippen LogP contribution in [0, 0.1) is 5.92 Å². The zero-order chi connectivity index (χ0) is 23.9. The van der Waals surface area contributed by atoms with Gasteiger partial charge in [0.15, 0.2) is 19.8 Å². The fraction of sp³-hybridized carbons (Fsp3) is 0.640. The minimum Gasteiger partial charge on any atom is -0.463 e. The van der Waals surface area contributed by atoms with Crippen molar-refractivity contribution < 1.29 is 32.9 Å². The molecular formula is C25H36O7Si. The SMILES string of the molecule is COC(=O)C1=C[C@H](OCc2ccc3c(c2)OCO3)[C@H]2CCCC[C@@]2(O[Si](C)(C)C(C)(C)C)O1.